The number of carbonyl (C=O) groups excluding carboxylic acids is 1. The number of benzene rings is 1. The van der Waals surface area contributed by atoms with Gasteiger partial charge in [0.15, 0.2) is 5.78 Å². The van der Waals surface area contributed by atoms with Crippen LogP contribution >= 0.6 is 22.9 Å². The molecular formula is C14H11ClN2OS. The van der Waals surface area contributed by atoms with Crippen LogP contribution in [0.1, 0.15) is 15.4 Å². The lowest BCUT2D eigenvalue weighted by molar-refractivity contribution is 0.0996. The first-order valence-electron chi connectivity index (χ1n) is 5.84. The minimum absolute atomic E-state index is 0.0563. The first kappa shape index (κ1) is 12.4. The Labute approximate surface area is 119 Å². The summed E-state index contributed by atoms with van der Waals surface area (Å²) in [6.45, 7) is 0. The van der Waals surface area contributed by atoms with Crippen LogP contribution in [-0.2, 0) is 13.5 Å². The summed E-state index contributed by atoms with van der Waals surface area (Å²) < 4.78 is 2.44. The fourth-order valence-electron chi connectivity index (χ4n) is 2.12. The van der Waals surface area contributed by atoms with Gasteiger partial charge in [0, 0.05) is 12.4 Å². The number of para-hydroxylation sites is 1. The van der Waals surface area contributed by atoms with Gasteiger partial charge in [0.05, 0.1) is 26.8 Å². The number of aromatic nitrogens is 2. The molecule has 0 aliphatic carbocycles. The standard InChI is InChI=1S/C14H11ClN2OS/c1-17-11-5-3-2-4-9(11)10(16-17)8-12(18)13-6-7-14(15)19-13/h2-7H,8H2,1H3. The number of rotatable bonds is 3. The molecule has 0 saturated heterocycles. The summed E-state index contributed by atoms with van der Waals surface area (Å²) in [4.78, 5) is 12.9. The Morgan fingerprint density at radius 1 is 1.32 bits per heavy atom. The first-order chi connectivity index (χ1) is 9.15. The van der Waals surface area contributed by atoms with Gasteiger partial charge in [0.2, 0.25) is 0 Å². The highest BCUT2D eigenvalue weighted by atomic mass is 35.5. The molecule has 19 heavy (non-hydrogen) atoms. The second kappa shape index (κ2) is 4.79. The molecular weight excluding hydrogens is 280 g/mol. The third-order valence-electron chi connectivity index (χ3n) is 3.01. The normalized spacial score (nSPS) is 11.1. The molecule has 0 aliphatic rings. The second-order valence-electron chi connectivity index (χ2n) is 4.29. The van der Waals surface area contributed by atoms with Crippen molar-refractivity contribution in [2.75, 3.05) is 0 Å². The van der Waals surface area contributed by atoms with Gasteiger partial charge in [0.25, 0.3) is 0 Å². The van der Waals surface area contributed by atoms with E-state index in [4.69, 9.17) is 11.6 Å². The zero-order valence-corrected chi connectivity index (χ0v) is 11.8. The molecule has 2 heterocycles. The maximum absolute atomic E-state index is 12.2. The van der Waals surface area contributed by atoms with Gasteiger partial charge in [-0.15, -0.1) is 11.3 Å². The molecule has 1 aromatic carbocycles. The molecule has 0 radical (unpaired) electrons. The van der Waals surface area contributed by atoms with E-state index < -0.39 is 0 Å². The molecule has 2 aromatic heterocycles. The molecule has 0 N–H and O–H groups in total. The van der Waals surface area contributed by atoms with Crippen LogP contribution in [0.5, 0.6) is 0 Å². The van der Waals surface area contributed by atoms with E-state index in [2.05, 4.69) is 5.10 Å². The lowest BCUT2D eigenvalue weighted by Crippen LogP contribution is -2.02. The number of Topliss-reactive ketones (excluding diaryl/α,β-unsaturated/α-hetero) is 1. The van der Waals surface area contributed by atoms with E-state index in [0.29, 0.717) is 15.6 Å². The quantitative estimate of drug-likeness (QED) is 0.689. The van der Waals surface area contributed by atoms with Crippen molar-refractivity contribution >= 4 is 39.6 Å². The van der Waals surface area contributed by atoms with Gasteiger partial charge in [-0.1, -0.05) is 29.8 Å². The van der Waals surface area contributed by atoms with Crippen molar-refractivity contribution in [1.82, 2.24) is 9.78 Å². The number of thiophene rings is 1. The average molecular weight is 291 g/mol. The number of fused-ring (bicyclic) bond motifs is 1. The number of aryl methyl sites for hydroxylation is 1. The van der Waals surface area contributed by atoms with Crippen molar-refractivity contribution in [3.8, 4) is 0 Å². The van der Waals surface area contributed by atoms with Crippen LogP contribution in [0.25, 0.3) is 10.9 Å². The SMILES string of the molecule is Cn1nc(CC(=O)c2ccc(Cl)s2)c2ccccc21. The van der Waals surface area contributed by atoms with Crippen molar-refractivity contribution in [3.05, 3.63) is 51.3 Å². The summed E-state index contributed by atoms with van der Waals surface area (Å²) in [6.07, 6.45) is 0.304. The summed E-state index contributed by atoms with van der Waals surface area (Å²) >= 11 is 7.16. The van der Waals surface area contributed by atoms with Crippen LogP contribution in [0.15, 0.2) is 36.4 Å². The van der Waals surface area contributed by atoms with Crippen molar-refractivity contribution in [3.63, 3.8) is 0 Å². The van der Waals surface area contributed by atoms with E-state index in [0.717, 1.165) is 16.6 Å². The molecule has 0 spiro atoms. The Bertz CT molecular complexity index is 760. The lowest BCUT2D eigenvalue weighted by Gasteiger charge is -1.95. The third kappa shape index (κ3) is 2.29. The zero-order valence-electron chi connectivity index (χ0n) is 10.3. The van der Waals surface area contributed by atoms with E-state index in [1.54, 1.807) is 16.8 Å². The first-order valence-corrected chi connectivity index (χ1v) is 7.04. The van der Waals surface area contributed by atoms with Gasteiger partial charge in [-0.05, 0) is 18.2 Å². The predicted molar refractivity (Wildman–Crippen MR) is 78.1 cm³/mol. The number of ketones is 1. The second-order valence-corrected chi connectivity index (χ2v) is 6.01. The van der Waals surface area contributed by atoms with E-state index in [9.17, 15) is 4.79 Å². The van der Waals surface area contributed by atoms with E-state index in [-0.39, 0.29) is 5.78 Å². The fraction of sp³-hybridized carbons (Fsp3) is 0.143. The number of hydrogen-bond donors (Lipinski definition) is 0. The largest absolute Gasteiger partial charge is 0.293 e. The molecule has 0 fully saturated rings. The Morgan fingerprint density at radius 3 is 2.84 bits per heavy atom. The Kier molecular flexibility index (Phi) is 3.12. The minimum atomic E-state index is 0.0563. The van der Waals surface area contributed by atoms with Crippen LogP contribution in [0.4, 0.5) is 0 Å². The predicted octanol–water partition coefficient (Wildman–Crippen LogP) is 3.71. The average Bonchev–Trinajstić information content (AvgIpc) is 2.96. The number of carbonyl (C=O) groups is 1. The van der Waals surface area contributed by atoms with Crippen molar-refractivity contribution in [2.24, 2.45) is 7.05 Å². The molecule has 0 amide bonds. The van der Waals surface area contributed by atoms with Crippen LogP contribution < -0.4 is 0 Å². The molecule has 3 aromatic rings. The Hall–Kier alpha value is -1.65. The van der Waals surface area contributed by atoms with E-state index >= 15 is 0 Å². The summed E-state index contributed by atoms with van der Waals surface area (Å²) in [5.41, 5.74) is 1.85. The molecule has 0 bridgehead atoms. The van der Waals surface area contributed by atoms with Gasteiger partial charge in [-0.3, -0.25) is 9.48 Å². The van der Waals surface area contributed by atoms with E-state index in [1.807, 2.05) is 31.3 Å². The zero-order chi connectivity index (χ0) is 13.4. The maximum Gasteiger partial charge on any atom is 0.178 e. The van der Waals surface area contributed by atoms with Gasteiger partial charge in [-0.2, -0.15) is 5.10 Å². The fourth-order valence-corrected chi connectivity index (χ4v) is 3.10. The number of nitrogens with zero attached hydrogens (tertiary/aromatic N) is 2. The molecule has 0 saturated carbocycles. The van der Waals surface area contributed by atoms with Crippen molar-refractivity contribution in [2.45, 2.75) is 6.42 Å². The van der Waals surface area contributed by atoms with Gasteiger partial charge in [-0.25, -0.2) is 0 Å². The summed E-state index contributed by atoms with van der Waals surface area (Å²) in [7, 11) is 1.89. The third-order valence-corrected chi connectivity index (χ3v) is 4.28. The number of halogens is 1. The van der Waals surface area contributed by atoms with Crippen molar-refractivity contribution < 1.29 is 4.79 Å². The maximum atomic E-state index is 12.2. The molecule has 3 rings (SSSR count). The van der Waals surface area contributed by atoms with E-state index in [1.165, 1.54) is 11.3 Å². The number of hydrogen-bond acceptors (Lipinski definition) is 3. The van der Waals surface area contributed by atoms with Crippen LogP contribution in [0.3, 0.4) is 0 Å². The Balaban J connectivity index is 1.95. The van der Waals surface area contributed by atoms with Crippen LogP contribution in [0.2, 0.25) is 4.34 Å². The smallest absolute Gasteiger partial charge is 0.178 e. The Morgan fingerprint density at radius 2 is 2.11 bits per heavy atom. The molecule has 96 valence electrons. The van der Waals surface area contributed by atoms with Crippen LogP contribution in [-0.4, -0.2) is 15.6 Å². The molecule has 0 atom stereocenters. The lowest BCUT2D eigenvalue weighted by atomic mass is 10.1. The molecule has 0 aliphatic heterocycles. The molecule has 3 nitrogen and oxygen atoms in total. The monoisotopic (exact) mass is 290 g/mol. The summed E-state index contributed by atoms with van der Waals surface area (Å²) in [5, 5.41) is 5.46. The molecule has 0 unspecified atom stereocenters. The van der Waals surface area contributed by atoms with Gasteiger partial charge < -0.3 is 0 Å². The summed E-state index contributed by atoms with van der Waals surface area (Å²) in [6, 6.07) is 11.4. The minimum Gasteiger partial charge on any atom is -0.293 e. The highest BCUT2D eigenvalue weighted by Crippen LogP contribution is 2.24. The topological polar surface area (TPSA) is 34.9 Å². The highest BCUT2D eigenvalue weighted by molar-refractivity contribution is 7.18. The van der Waals surface area contributed by atoms with Crippen LogP contribution in [0, 0.1) is 0 Å². The van der Waals surface area contributed by atoms with Gasteiger partial charge >= 0.3 is 0 Å². The molecule has 5 heteroatoms. The highest BCUT2D eigenvalue weighted by Gasteiger charge is 2.15. The van der Waals surface area contributed by atoms with Crippen molar-refractivity contribution in [1.29, 1.82) is 0 Å². The summed E-state index contributed by atoms with van der Waals surface area (Å²) in [5.74, 6) is 0.0563. The van der Waals surface area contributed by atoms with Gasteiger partial charge in [0.1, 0.15) is 0 Å².